The summed E-state index contributed by atoms with van der Waals surface area (Å²) in [5.74, 6) is -1.21. The zero-order valence-corrected chi connectivity index (χ0v) is 16.4. The summed E-state index contributed by atoms with van der Waals surface area (Å²) in [7, 11) is 1.46. The van der Waals surface area contributed by atoms with Gasteiger partial charge in [-0.25, -0.2) is 0 Å². The Labute approximate surface area is 168 Å². The second-order valence-electron chi connectivity index (χ2n) is 6.48. The molecule has 2 heterocycles. The summed E-state index contributed by atoms with van der Waals surface area (Å²) in [4.78, 5) is 31.0. The predicted octanol–water partition coefficient (Wildman–Crippen LogP) is 3.97. The number of aliphatic hydroxyl groups excluding tert-OH is 1. The highest BCUT2D eigenvalue weighted by Crippen LogP contribution is 2.40. The van der Waals surface area contributed by atoms with E-state index in [1.807, 2.05) is 6.92 Å². The van der Waals surface area contributed by atoms with Crippen LogP contribution < -0.4 is 4.74 Å². The van der Waals surface area contributed by atoms with Gasteiger partial charge in [-0.1, -0.05) is 24.9 Å². The number of nitrogens with zero attached hydrogens (tertiary/aromatic N) is 2. The molecule has 0 saturated carbocycles. The van der Waals surface area contributed by atoms with Crippen LogP contribution in [-0.2, 0) is 9.59 Å². The van der Waals surface area contributed by atoms with Crippen molar-refractivity contribution in [2.24, 2.45) is 0 Å². The minimum Gasteiger partial charge on any atom is -0.507 e. The monoisotopic (exact) mass is 400 g/mol. The van der Waals surface area contributed by atoms with E-state index in [2.05, 4.69) is 4.98 Å². The molecule has 1 amide bonds. The van der Waals surface area contributed by atoms with E-state index >= 15 is 0 Å². The molecule has 7 heteroatoms. The fourth-order valence-electron chi connectivity index (χ4n) is 3.29. The first-order valence-electron chi connectivity index (χ1n) is 9.01. The smallest absolute Gasteiger partial charge is 0.295 e. The number of pyridine rings is 1. The van der Waals surface area contributed by atoms with E-state index < -0.39 is 17.7 Å². The lowest BCUT2D eigenvalue weighted by atomic mass is 9.96. The number of unbranched alkanes of at least 4 members (excludes halogenated alkanes) is 1. The number of carbonyl (C=O) groups is 2. The Morgan fingerprint density at radius 2 is 1.96 bits per heavy atom. The average Bonchev–Trinajstić information content (AvgIpc) is 2.97. The molecule has 1 atom stereocenters. The molecule has 28 heavy (non-hydrogen) atoms. The number of halogens is 1. The number of carbonyl (C=O) groups excluding carboxylic acids is 2. The molecule has 0 radical (unpaired) electrons. The Morgan fingerprint density at radius 1 is 1.25 bits per heavy atom. The van der Waals surface area contributed by atoms with Crippen LogP contribution in [0, 0.1) is 0 Å². The highest BCUT2D eigenvalue weighted by atomic mass is 35.5. The van der Waals surface area contributed by atoms with Crippen LogP contribution in [0.4, 0.5) is 0 Å². The zero-order valence-electron chi connectivity index (χ0n) is 15.7. The number of aliphatic hydroxyl groups is 1. The molecule has 1 aromatic heterocycles. The fraction of sp³-hybridized carbons (Fsp3) is 0.286. The third-order valence-electron chi connectivity index (χ3n) is 4.74. The van der Waals surface area contributed by atoms with E-state index in [4.69, 9.17) is 16.3 Å². The number of hydrogen-bond acceptors (Lipinski definition) is 5. The van der Waals surface area contributed by atoms with Gasteiger partial charge in [-0.15, -0.1) is 0 Å². The van der Waals surface area contributed by atoms with Crippen molar-refractivity contribution >= 4 is 29.1 Å². The standard InChI is InChI=1S/C21H21ClN2O4/c1-3-4-11-24-18(13-7-9-23-10-8-13)17(20(26)21(24)27)19(25)14-5-6-15(22)16(12-14)28-2/h5-10,12,18,25H,3-4,11H2,1-2H3/b19-17-. The number of aromatic nitrogens is 1. The van der Waals surface area contributed by atoms with Crippen LogP contribution in [0.2, 0.25) is 5.02 Å². The molecule has 1 N–H and O–H groups in total. The SMILES string of the molecule is CCCCN1C(=O)C(=O)/C(=C(\O)c2ccc(Cl)c(OC)c2)C1c1ccncc1. The first-order chi connectivity index (χ1) is 13.5. The van der Waals surface area contributed by atoms with Crippen molar-refractivity contribution in [1.29, 1.82) is 0 Å². The third kappa shape index (κ3) is 3.60. The quantitative estimate of drug-likeness (QED) is 0.451. The number of Topliss-reactive ketones (excluding diaryl/α,β-unsaturated/α-hetero) is 1. The number of hydrogen-bond donors (Lipinski definition) is 1. The zero-order chi connectivity index (χ0) is 20.3. The maximum absolute atomic E-state index is 12.8. The molecule has 0 aliphatic carbocycles. The number of methoxy groups -OCH3 is 1. The van der Waals surface area contributed by atoms with Gasteiger partial charge in [-0.3, -0.25) is 14.6 Å². The molecule has 1 aliphatic rings. The Hall–Kier alpha value is -2.86. The van der Waals surface area contributed by atoms with Gasteiger partial charge in [-0.2, -0.15) is 0 Å². The maximum Gasteiger partial charge on any atom is 0.295 e. The normalized spacial score (nSPS) is 18.5. The largest absolute Gasteiger partial charge is 0.507 e. The molecule has 1 fully saturated rings. The molecule has 6 nitrogen and oxygen atoms in total. The first kappa shape index (κ1) is 19.9. The molecule has 2 aromatic rings. The summed E-state index contributed by atoms with van der Waals surface area (Å²) < 4.78 is 5.20. The first-order valence-corrected chi connectivity index (χ1v) is 9.39. The van der Waals surface area contributed by atoms with E-state index in [-0.39, 0.29) is 11.3 Å². The van der Waals surface area contributed by atoms with Gasteiger partial charge in [0.2, 0.25) is 0 Å². The molecular weight excluding hydrogens is 380 g/mol. The number of ether oxygens (including phenoxy) is 1. The van der Waals surface area contributed by atoms with Crippen LogP contribution in [0.5, 0.6) is 5.75 Å². The Kier molecular flexibility index (Phi) is 5.99. The summed E-state index contributed by atoms with van der Waals surface area (Å²) in [6, 6.07) is 7.51. The van der Waals surface area contributed by atoms with E-state index in [9.17, 15) is 14.7 Å². The van der Waals surface area contributed by atoms with Crippen molar-refractivity contribution < 1.29 is 19.4 Å². The molecule has 1 unspecified atom stereocenters. The number of likely N-dealkylation sites (tertiary alicyclic amines) is 1. The van der Waals surface area contributed by atoms with Gasteiger partial charge in [0.05, 0.1) is 23.7 Å². The van der Waals surface area contributed by atoms with Crippen LogP contribution >= 0.6 is 11.6 Å². The van der Waals surface area contributed by atoms with Crippen LogP contribution in [0.3, 0.4) is 0 Å². The van der Waals surface area contributed by atoms with E-state index in [0.29, 0.717) is 28.4 Å². The number of amides is 1. The van der Waals surface area contributed by atoms with Crippen molar-refractivity contribution in [3.63, 3.8) is 0 Å². The summed E-state index contributed by atoms with van der Waals surface area (Å²) in [6.45, 7) is 2.44. The lowest BCUT2D eigenvalue weighted by Crippen LogP contribution is -2.30. The highest BCUT2D eigenvalue weighted by molar-refractivity contribution is 6.46. The Bertz CT molecular complexity index is 927. The fourth-order valence-corrected chi connectivity index (χ4v) is 3.49. The van der Waals surface area contributed by atoms with E-state index in [1.54, 1.807) is 42.7 Å². The molecule has 0 bridgehead atoms. The van der Waals surface area contributed by atoms with Crippen molar-refractivity contribution in [1.82, 2.24) is 9.88 Å². The molecule has 0 spiro atoms. The summed E-state index contributed by atoms with van der Waals surface area (Å²) in [5.41, 5.74) is 1.12. The third-order valence-corrected chi connectivity index (χ3v) is 5.05. The number of ketones is 1. The van der Waals surface area contributed by atoms with Gasteiger partial charge >= 0.3 is 0 Å². The number of rotatable bonds is 6. The molecule has 146 valence electrons. The Morgan fingerprint density at radius 3 is 2.61 bits per heavy atom. The molecule has 1 saturated heterocycles. The van der Waals surface area contributed by atoms with Gasteiger partial charge in [0.15, 0.2) is 0 Å². The lowest BCUT2D eigenvalue weighted by Gasteiger charge is -2.25. The second kappa shape index (κ2) is 8.44. The lowest BCUT2D eigenvalue weighted by molar-refractivity contribution is -0.139. The van der Waals surface area contributed by atoms with Crippen LogP contribution in [0.15, 0.2) is 48.3 Å². The van der Waals surface area contributed by atoms with Crippen molar-refractivity contribution in [2.45, 2.75) is 25.8 Å². The minimum atomic E-state index is -0.704. The van der Waals surface area contributed by atoms with Crippen molar-refractivity contribution in [3.8, 4) is 5.75 Å². The van der Waals surface area contributed by atoms with E-state index in [1.165, 1.54) is 12.0 Å². The van der Waals surface area contributed by atoms with Crippen LogP contribution in [-0.4, -0.2) is 40.3 Å². The molecule has 3 rings (SSSR count). The minimum absolute atomic E-state index is 0.0525. The van der Waals surface area contributed by atoms with Gasteiger partial charge in [0, 0.05) is 24.5 Å². The Balaban J connectivity index is 2.16. The van der Waals surface area contributed by atoms with Gasteiger partial charge in [-0.05, 0) is 42.3 Å². The van der Waals surface area contributed by atoms with Crippen molar-refractivity contribution in [3.05, 3.63) is 64.4 Å². The molecule has 1 aliphatic heterocycles. The molecular formula is C21H21ClN2O4. The number of benzene rings is 1. The summed E-state index contributed by atoms with van der Waals surface area (Å²) >= 11 is 6.06. The topological polar surface area (TPSA) is 79.7 Å². The van der Waals surface area contributed by atoms with Crippen LogP contribution in [0.25, 0.3) is 5.76 Å². The average molecular weight is 401 g/mol. The maximum atomic E-state index is 12.8. The van der Waals surface area contributed by atoms with Crippen molar-refractivity contribution in [2.75, 3.05) is 13.7 Å². The molecule has 1 aromatic carbocycles. The highest BCUT2D eigenvalue weighted by Gasteiger charge is 2.45. The van der Waals surface area contributed by atoms with Gasteiger partial charge < -0.3 is 14.7 Å². The summed E-state index contributed by atoms with van der Waals surface area (Å²) in [5, 5.41) is 11.3. The second-order valence-corrected chi connectivity index (χ2v) is 6.88. The van der Waals surface area contributed by atoms with E-state index in [0.717, 1.165) is 12.8 Å². The van der Waals surface area contributed by atoms with Crippen LogP contribution in [0.1, 0.15) is 36.9 Å². The van der Waals surface area contributed by atoms with Gasteiger partial charge in [0.25, 0.3) is 11.7 Å². The van der Waals surface area contributed by atoms with Gasteiger partial charge in [0.1, 0.15) is 11.5 Å². The predicted molar refractivity (Wildman–Crippen MR) is 106 cm³/mol. The summed E-state index contributed by atoms with van der Waals surface area (Å²) in [6.07, 6.45) is 4.82.